The maximum absolute atomic E-state index is 12.8. The minimum atomic E-state index is -0.226. The summed E-state index contributed by atoms with van der Waals surface area (Å²) in [4.78, 5) is 1.02. The van der Waals surface area contributed by atoms with Gasteiger partial charge in [0, 0.05) is 16.2 Å². The highest BCUT2D eigenvalue weighted by Crippen LogP contribution is 2.19. The molecule has 0 radical (unpaired) electrons. The van der Waals surface area contributed by atoms with Gasteiger partial charge in [-0.2, -0.15) is 0 Å². The maximum Gasteiger partial charge on any atom is 0.123 e. The number of ether oxygens (including phenoxy) is 1. The van der Waals surface area contributed by atoms with Crippen molar-refractivity contribution in [2.45, 2.75) is 4.90 Å². The van der Waals surface area contributed by atoms with Crippen LogP contribution in [0, 0.1) is 17.7 Å². The van der Waals surface area contributed by atoms with E-state index in [1.165, 1.54) is 12.1 Å². The Balaban J connectivity index is 1.79. The van der Waals surface area contributed by atoms with Gasteiger partial charge in [-0.25, -0.2) is 4.39 Å². The number of rotatable bonds is 5. The Bertz CT molecular complexity index is 629. The number of aliphatic hydroxyl groups is 1. The van der Waals surface area contributed by atoms with Gasteiger partial charge in [0.1, 0.15) is 18.2 Å². The van der Waals surface area contributed by atoms with Gasteiger partial charge in [0.05, 0.1) is 6.61 Å². The second-order valence-corrected chi connectivity index (χ2v) is 5.31. The summed E-state index contributed by atoms with van der Waals surface area (Å²) in [5.74, 6) is 6.74. The van der Waals surface area contributed by atoms with Crippen LogP contribution in [0.5, 0.6) is 5.75 Å². The monoisotopic (exact) mass is 302 g/mol. The van der Waals surface area contributed by atoms with Gasteiger partial charge < -0.3 is 9.84 Å². The SMILES string of the molecule is OCC#Cc1cccc(OCCSc2ccc(F)cc2)c1. The largest absolute Gasteiger partial charge is 0.493 e. The summed E-state index contributed by atoms with van der Waals surface area (Å²) >= 11 is 1.61. The van der Waals surface area contributed by atoms with Crippen LogP contribution in [0.3, 0.4) is 0 Å². The van der Waals surface area contributed by atoms with Crippen LogP contribution in [0.2, 0.25) is 0 Å². The van der Waals surface area contributed by atoms with Crippen LogP contribution in [0.25, 0.3) is 0 Å². The molecule has 0 heterocycles. The average molecular weight is 302 g/mol. The molecule has 0 bridgehead atoms. The molecule has 2 rings (SSSR count). The molecule has 0 aliphatic carbocycles. The Labute approximate surface area is 128 Å². The molecule has 0 fully saturated rings. The summed E-state index contributed by atoms with van der Waals surface area (Å²) in [6.45, 7) is 0.401. The first kappa shape index (κ1) is 15.4. The molecule has 1 N–H and O–H groups in total. The van der Waals surface area contributed by atoms with Crippen molar-refractivity contribution in [3.8, 4) is 17.6 Å². The van der Waals surface area contributed by atoms with E-state index in [2.05, 4.69) is 11.8 Å². The molecule has 0 saturated carbocycles. The Kier molecular flexibility index (Phi) is 6.14. The van der Waals surface area contributed by atoms with Gasteiger partial charge in [-0.05, 0) is 42.5 Å². The molecule has 0 spiro atoms. The van der Waals surface area contributed by atoms with Crippen molar-refractivity contribution in [1.82, 2.24) is 0 Å². The van der Waals surface area contributed by atoms with Crippen LogP contribution in [0.1, 0.15) is 5.56 Å². The first-order valence-electron chi connectivity index (χ1n) is 6.49. The van der Waals surface area contributed by atoms with E-state index >= 15 is 0 Å². The van der Waals surface area contributed by atoms with Crippen LogP contribution in [-0.2, 0) is 0 Å². The minimum absolute atomic E-state index is 0.153. The molecule has 0 aromatic heterocycles. The van der Waals surface area contributed by atoms with Crippen molar-refractivity contribution in [2.24, 2.45) is 0 Å². The summed E-state index contributed by atoms with van der Waals surface area (Å²) in [5, 5.41) is 8.66. The summed E-state index contributed by atoms with van der Waals surface area (Å²) in [5.41, 5.74) is 0.813. The maximum atomic E-state index is 12.8. The molecule has 0 amide bonds. The fourth-order valence-corrected chi connectivity index (χ4v) is 2.39. The van der Waals surface area contributed by atoms with E-state index in [1.807, 2.05) is 24.3 Å². The topological polar surface area (TPSA) is 29.5 Å². The number of hydrogen-bond donors (Lipinski definition) is 1. The third-order valence-corrected chi connectivity index (χ3v) is 3.56. The van der Waals surface area contributed by atoms with Crippen molar-refractivity contribution in [3.05, 3.63) is 59.9 Å². The Hall–Kier alpha value is -1.96. The number of hydrogen-bond acceptors (Lipinski definition) is 3. The highest BCUT2D eigenvalue weighted by atomic mass is 32.2. The summed E-state index contributed by atoms with van der Waals surface area (Å²) < 4.78 is 18.4. The second-order valence-electron chi connectivity index (χ2n) is 4.14. The van der Waals surface area contributed by atoms with E-state index in [1.54, 1.807) is 23.9 Å². The standard InChI is InChI=1S/C17H15FO2S/c18-15-6-8-17(9-7-15)21-12-11-20-16-5-1-3-14(13-16)4-2-10-19/h1,3,5-9,13,19H,10-12H2. The average Bonchev–Trinajstić information content (AvgIpc) is 2.52. The zero-order chi connectivity index (χ0) is 14.9. The molecule has 0 aliphatic rings. The fourth-order valence-electron chi connectivity index (χ4n) is 1.66. The molecule has 2 aromatic rings. The molecule has 21 heavy (non-hydrogen) atoms. The lowest BCUT2D eigenvalue weighted by Gasteiger charge is -2.06. The zero-order valence-corrected chi connectivity index (χ0v) is 12.2. The summed E-state index contributed by atoms with van der Waals surface area (Å²) in [6, 6.07) is 13.8. The lowest BCUT2D eigenvalue weighted by atomic mass is 10.2. The lowest BCUT2D eigenvalue weighted by molar-refractivity contribution is 0.344. The van der Waals surface area contributed by atoms with Gasteiger partial charge in [-0.1, -0.05) is 17.9 Å². The first-order chi connectivity index (χ1) is 10.3. The van der Waals surface area contributed by atoms with Crippen molar-refractivity contribution in [1.29, 1.82) is 0 Å². The second kappa shape index (κ2) is 8.35. The van der Waals surface area contributed by atoms with E-state index in [0.717, 1.165) is 22.0 Å². The quantitative estimate of drug-likeness (QED) is 0.522. The van der Waals surface area contributed by atoms with E-state index in [9.17, 15) is 4.39 Å². The van der Waals surface area contributed by atoms with Gasteiger partial charge >= 0.3 is 0 Å². The van der Waals surface area contributed by atoms with Crippen molar-refractivity contribution in [2.75, 3.05) is 19.0 Å². The summed E-state index contributed by atoms with van der Waals surface area (Å²) in [6.07, 6.45) is 0. The number of thioether (sulfide) groups is 1. The van der Waals surface area contributed by atoms with E-state index < -0.39 is 0 Å². The summed E-state index contributed by atoms with van der Waals surface area (Å²) in [7, 11) is 0. The molecule has 4 heteroatoms. The minimum Gasteiger partial charge on any atom is -0.493 e. The smallest absolute Gasteiger partial charge is 0.123 e. The van der Waals surface area contributed by atoms with Crippen LogP contribution < -0.4 is 4.74 Å². The van der Waals surface area contributed by atoms with Crippen LogP contribution >= 0.6 is 11.8 Å². The van der Waals surface area contributed by atoms with E-state index in [-0.39, 0.29) is 12.4 Å². The van der Waals surface area contributed by atoms with Crippen LogP contribution in [0.4, 0.5) is 4.39 Å². The third kappa shape index (κ3) is 5.50. The molecular weight excluding hydrogens is 287 g/mol. The van der Waals surface area contributed by atoms with Crippen LogP contribution in [-0.4, -0.2) is 24.1 Å². The molecule has 2 nitrogen and oxygen atoms in total. The van der Waals surface area contributed by atoms with Crippen LogP contribution in [0.15, 0.2) is 53.4 Å². The molecule has 108 valence electrons. The molecule has 0 unspecified atom stereocenters. The van der Waals surface area contributed by atoms with Crippen molar-refractivity contribution < 1.29 is 14.2 Å². The molecule has 0 atom stereocenters. The van der Waals surface area contributed by atoms with Gasteiger partial charge in [0.2, 0.25) is 0 Å². The van der Waals surface area contributed by atoms with Crippen molar-refractivity contribution >= 4 is 11.8 Å². The highest BCUT2D eigenvalue weighted by Gasteiger charge is 1.97. The number of aliphatic hydroxyl groups excluding tert-OH is 1. The predicted molar refractivity (Wildman–Crippen MR) is 83.0 cm³/mol. The van der Waals surface area contributed by atoms with Gasteiger partial charge in [0.25, 0.3) is 0 Å². The molecular formula is C17H15FO2S. The zero-order valence-electron chi connectivity index (χ0n) is 11.4. The number of halogens is 1. The number of benzene rings is 2. The van der Waals surface area contributed by atoms with Gasteiger partial charge in [-0.3, -0.25) is 0 Å². The highest BCUT2D eigenvalue weighted by molar-refractivity contribution is 7.99. The van der Waals surface area contributed by atoms with Crippen molar-refractivity contribution in [3.63, 3.8) is 0 Å². The van der Waals surface area contributed by atoms with Gasteiger partial charge in [0.15, 0.2) is 0 Å². The fraction of sp³-hybridized carbons (Fsp3) is 0.176. The Morgan fingerprint density at radius 2 is 1.95 bits per heavy atom. The normalized spacial score (nSPS) is 9.81. The third-order valence-electron chi connectivity index (χ3n) is 2.58. The molecule has 2 aromatic carbocycles. The lowest BCUT2D eigenvalue weighted by Crippen LogP contribution is -2.00. The molecule has 0 aliphatic heterocycles. The van der Waals surface area contributed by atoms with E-state index in [4.69, 9.17) is 9.84 Å². The molecule has 0 saturated heterocycles. The predicted octanol–water partition coefficient (Wildman–Crippen LogP) is 3.34. The van der Waals surface area contributed by atoms with E-state index in [0.29, 0.717) is 6.61 Å². The van der Waals surface area contributed by atoms with Gasteiger partial charge in [-0.15, -0.1) is 11.8 Å². The Morgan fingerprint density at radius 3 is 2.71 bits per heavy atom. The first-order valence-corrected chi connectivity index (χ1v) is 7.47. The Morgan fingerprint density at radius 1 is 1.14 bits per heavy atom.